The molecule has 0 aliphatic heterocycles. The Morgan fingerprint density at radius 1 is 1.57 bits per heavy atom. The Morgan fingerprint density at radius 3 is 2.71 bits per heavy atom. The lowest BCUT2D eigenvalue weighted by atomic mass is 10.2. The zero-order chi connectivity index (χ0) is 11.0. The fourth-order valence-corrected chi connectivity index (χ4v) is 1.21. The Balaban J connectivity index is 3.74. The minimum Gasteiger partial charge on any atom is -0.469 e. The lowest BCUT2D eigenvalue weighted by Crippen LogP contribution is -2.29. The van der Waals surface area contributed by atoms with E-state index in [0.29, 0.717) is 0 Å². The van der Waals surface area contributed by atoms with Crippen molar-refractivity contribution in [3.05, 3.63) is 0 Å². The molecule has 80 valence electrons. The summed E-state index contributed by atoms with van der Waals surface area (Å²) in [5.41, 5.74) is 0. The molecule has 0 heterocycles. The Bertz CT molecular complexity index is 227. The molecule has 0 aliphatic carbocycles. The molecule has 3 heteroatoms. The first-order chi connectivity index (χ1) is 6.61. The highest BCUT2D eigenvalue weighted by Crippen LogP contribution is 2.00. The van der Waals surface area contributed by atoms with Crippen molar-refractivity contribution in [3.8, 4) is 11.8 Å². The van der Waals surface area contributed by atoms with E-state index >= 15 is 0 Å². The van der Waals surface area contributed by atoms with Crippen LogP contribution in [0.25, 0.3) is 0 Å². The number of carbonyl (C=O) groups excluding carboxylic acids is 1. The quantitative estimate of drug-likeness (QED) is 0.489. The zero-order valence-electron chi connectivity index (χ0n) is 9.46. The third-order valence-electron chi connectivity index (χ3n) is 1.98. The smallest absolute Gasteiger partial charge is 0.309 e. The van der Waals surface area contributed by atoms with E-state index in [1.54, 1.807) is 0 Å². The number of ether oxygens (including phenoxy) is 1. The minimum absolute atomic E-state index is 0.0698. The first-order valence-corrected chi connectivity index (χ1v) is 4.77. The van der Waals surface area contributed by atoms with Crippen LogP contribution in [0.15, 0.2) is 0 Å². The topological polar surface area (TPSA) is 29.5 Å². The highest BCUT2D eigenvalue weighted by molar-refractivity contribution is 5.71. The van der Waals surface area contributed by atoms with Gasteiger partial charge < -0.3 is 9.64 Å². The monoisotopic (exact) mass is 197 g/mol. The summed E-state index contributed by atoms with van der Waals surface area (Å²) in [4.78, 5) is 13.2. The third-order valence-corrected chi connectivity index (χ3v) is 1.98. The van der Waals surface area contributed by atoms with Gasteiger partial charge in [0.1, 0.15) is 0 Å². The van der Waals surface area contributed by atoms with Gasteiger partial charge in [-0.25, -0.2) is 0 Å². The molecule has 0 spiro atoms. The predicted molar refractivity (Wildman–Crippen MR) is 56.7 cm³/mol. The average molecular weight is 197 g/mol. The molecule has 0 bridgehead atoms. The standard InChI is InChI=1S/C11H19NO2/c1-5-6-7-8-12(3)9-10(2)11(13)14-4/h10H,7-9H2,1-4H3. The first kappa shape index (κ1) is 13.0. The van der Waals surface area contributed by atoms with Crippen molar-refractivity contribution in [3.63, 3.8) is 0 Å². The molecular weight excluding hydrogens is 178 g/mol. The molecule has 0 aromatic carbocycles. The molecule has 0 aliphatic rings. The van der Waals surface area contributed by atoms with Crippen molar-refractivity contribution in [2.75, 3.05) is 27.2 Å². The van der Waals surface area contributed by atoms with Gasteiger partial charge in [-0.1, -0.05) is 6.92 Å². The average Bonchev–Trinajstić information content (AvgIpc) is 2.16. The molecule has 0 aromatic rings. The maximum Gasteiger partial charge on any atom is 0.309 e. The van der Waals surface area contributed by atoms with E-state index < -0.39 is 0 Å². The van der Waals surface area contributed by atoms with Crippen LogP contribution in [0.4, 0.5) is 0 Å². The van der Waals surface area contributed by atoms with Gasteiger partial charge in [-0.3, -0.25) is 4.79 Å². The second-order valence-corrected chi connectivity index (χ2v) is 3.36. The zero-order valence-corrected chi connectivity index (χ0v) is 9.46. The van der Waals surface area contributed by atoms with Crippen molar-refractivity contribution < 1.29 is 9.53 Å². The van der Waals surface area contributed by atoms with Crippen molar-refractivity contribution >= 4 is 5.97 Å². The largest absolute Gasteiger partial charge is 0.469 e. The van der Waals surface area contributed by atoms with E-state index in [1.165, 1.54) is 7.11 Å². The second kappa shape index (κ2) is 7.40. The van der Waals surface area contributed by atoms with Gasteiger partial charge in [-0.15, -0.1) is 11.8 Å². The lowest BCUT2D eigenvalue weighted by molar-refractivity contribution is -0.145. The minimum atomic E-state index is -0.154. The molecule has 0 aromatic heterocycles. The molecule has 0 saturated carbocycles. The van der Waals surface area contributed by atoms with Crippen LogP contribution in [0.5, 0.6) is 0 Å². The van der Waals surface area contributed by atoms with Crippen LogP contribution in [0.1, 0.15) is 20.3 Å². The molecule has 14 heavy (non-hydrogen) atoms. The maximum atomic E-state index is 11.1. The lowest BCUT2D eigenvalue weighted by Gasteiger charge is -2.18. The molecule has 0 amide bonds. The Kier molecular flexibility index (Phi) is 6.87. The summed E-state index contributed by atoms with van der Waals surface area (Å²) in [7, 11) is 3.40. The van der Waals surface area contributed by atoms with Gasteiger partial charge in [0.15, 0.2) is 0 Å². The summed E-state index contributed by atoms with van der Waals surface area (Å²) in [5, 5.41) is 0. The van der Waals surface area contributed by atoms with Gasteiger partial charge in [0.2, 0.25) is 0 Å². The van der Waals surface area contributed by atoms with Crippen molar-refractivity contribution in [2.24, 2.45) is 5.92 Å². The van der Waals surface area contributed by atoms with Crippen LogP contribution >= 0.6 is 0 Å². The molecule has 1 atom stereocenters. The Labute approximate surface area is 86.4 Å². The number of carbonyl (C=O) groups is 1. The maximum absolute atomic E-state index is 11.1. The fourth-order valence-electron chi connectivity index (χ4n) is 1.21. The van der Waals surface area contributed by atoms with Gasteiger partial charge in [-0.05, 0) is 14.0 Å². The molecule has 1 unspecified atom stereocenters. The number of esters is 1. The Morgan fingerprint density at radius 2 is 2.21 bits per heavy atom. The van der Waals surface area contributed by atoms with E-state index in [9.17, 15) is 4.79 Å². The first-order valence-electron chi connectivity index (χ1n) is 4.77. The van der Waals surface area contributed by atoms with Gasteiger partial charge in [0.05, 0.1) is 13.0 Å². The normalized spacial score (nSPS) is 11.8. The second-order valence-electron chi connectivity index (χ2n) is 3.36. The van der Waals surface area contributed by atoms with E-state index in [2.05, 4.69) is 21.5 Å². The van der Waals surface area contributed by atoms with Crippen LogP contribution in [-0.4, -0.2) is 38.1 Å². The van der Waals surface area contributed by atoms with E-state index in [1.807, 2.05) is 20.9 Å². The SMILES string of the molecule is CC#CCCN(C)CC(C)C(=O)OC. The highest BCUT2D eigenvalue weighted by Gasteiger charge is 2.14. The summed E-state index contributed by atoms with van der Waals surface area (Å²) < 4.78 is 4.64. The van der Waals surface area contributed by atoms with Crippen LogP contribution in [-0.2, 0) is 9.53 Å². The van der Waals surface area contributed by atoms with Crippen LogP contribution in [0, 0.1) is 17.8 Å². The van der Waals surface area contributed by atoms with E-state index in [4.69, 9.17) is 0 Å². The third kappa shape index (κ3) is 5.60. The predicted octanol–water partition coefficient (Wildman–Crippen LogP) is 1.14. The molecule has 0 N–H and O–H groups in total. The number of hydrogen-bond donors (Lipinski definition) is 0. The van der Waals surface area contributed by atoms with Crippen molar-refractivity contribution in [2.45, 2.75) is 20.3 Å². The molecular formula is C11H19NO2. The molecule has 0 radical (unpaired) electrons. The molecule has 0 fully saturated rings. The van der Waals surface area contributed by atoms with Crippen LogP contribution in [0.2, 0.25) is 0 Å². The summed E-state index contributed by atoms with van der Waals surface area (Å²) in [5.74, 6) is 5.61. The Hall–Kier alpha value is -1.01. The fraction of sp³-hybridized carbons (Fsp3) is 0.727. The van der Waals surface area contributed by atoms with E-state index in [0.717, 1.165) is 19.5 Å². The summed E-state index contributed by atoms with van der Waals surface area (Å²) in [6, 6.07) is 0. The highest BCUT2D eigenvalue weighted by atomic mass is 16.5. The summed E-state index contributed by atoms with van der Waals surface area (Å²) in [6.45, 7) is 5.31. The number of rotatable bonds is 5. The number of nitrogens with zero attached hydrogens (tertiary/aromatic N) is 1. The summed E-state index contributed by atoms with van der Waals surface area (Å²) in [6.07, 6.45) is 0.848. The number of hydrogen-bond acceptors (Lipinski definition) is 3. The van der Waals surface area contributed by atoms with Crippen molar-refractivity contribution in [1.82, 2.24) is 4.90 Å². The van der Waals surface area contributed by atoms with Crippen molar-refractivity contribution in [1.29, 1.82) is 0 Å². The summed E-state index contributed by atoms with van der Waals surface area (Å²) >= 11 is 0. The van der Waals surface area contributed by atoms with E-state index in [-0.39, 0.29) is 11.9 Å². The molecule has 0 rings (SSSR count). The molecule has 3 nitrogen and oxygen atoms in total. The van der Waals surface area contributed by atoms with Gasteiger partial charge >= 0.3 is 5.97 Å². The van der Waals surface area contributed by atoms with Crippen LogP contribution in [0.3, 0.4) is 0 Å². The molecule has 0 saturated heterocycles. The van der Waals surface area contributed by atoms with Gasteiger partial charge in [0.25, 0.3) is 0 Å². The van der Waals surface area contributed by atoms with Crippen LogP contribution < -0.4 is 0 Å². The van der Waals surface area contributed by atoms with Gasteiger partial charge in [0, 0.05) is 19.5 Å². The number of methoxy groups -OCH3 is 1. The van der Waals surface area contributed by atoms with Gasteiger partial charge in [-0.2, -0.15) is 0 Å².